The Morgan fingerprint density at radius 1 is 1.13 bits per heavy atom. The molecular formula is C18H22Cl2N8OS. The first kappa shape index (κ1) is 22.4. The van der Waals surface area contributed by atoms with Gasteiger partial charge in [0.25, 0.3) is 5.78 Å². The van der Waals surface area contributed by atoms with E-state index < -0.39 is 0 Å². The van der Waals surface area contributed by atoms with Crippen LogP contribution in [0, 0.1) is 0 Å². The fraction of sp³-hybridized carbons (Fsp3) is 0.389. The van der Waals surface area contributed by atoms with Crippen LogP contribution in [0.5, 0.6) is 0 Å². The van der Waals surface area contributed by atoms with Gasteiger partial charge in [0.15, 0.2) is 5.16 Å². The molecule has 12 heteroatoms. The van der Waals surface area contributed by atoms with Crippen molar-refractivity contribution in [3.63, 3.8) is 0 Å². The highest BCUT2D eigenvalue weighted by molar-refractivity contribution is 7.99. The Morgan fingerprint density at radius 2 is 1.93 bits per heavy atom. The Balaban J connectivity index is 1.61. The van der Waals surface area contributed by atoms with Crippen LogP contribution in [0.4, 0.5) is 11.9 Å². The van der Waals surface area contributed by atoms with E-state index >= 15 is 0 Å². The Labute approximate surface area is 188 Å². The van der Waals surface area contributed by atoms with E-state index in [-0.39, 0.29) is 11.7 Å². The maximum absolute atomic E-state index is 12.3. The minimum absolute atomic E-state index is 0.120. The lowest BCUT2D eigenvalue weighted by Crippen LogP contribution is -2.27. The van der Waals surface area contributed by atoms with Gasteiger partial charge in [-0.15, -0.1) is 10.2 Å². The summed E-state index contributed by atoms with van der Waals surface area (Å²) in [5.74, 6) is 1.52. The molecule has 0 saturated carbocycles. The number of halogens is 2. The molecular weight excluding hydrogens is 447 g/mol. The summed E-state index contributed by atoms with van der Waals surface area (Å²) in [4.78, 5) is 21.1. The molecule has 0 bridgehead atoms. The van der Waals surface area contributed by atoms with Crippen LogP contribution in [-0.2, 0) is 11.2 Å². The quantitative estimate of drug-likeness (QED) is 0.389. The molecule has 2 heterocycles. The molecule has 0 radical (unpaired) electrons. The second-order valence-electron chi connectivity index (χ2n) is 6.15. The largest absolute Gasteiger partial charge is 0.355 e. The van der Waals surface area contributed by atoms with E-state index in [0.717, 1.165) is 5.56 Å². The molecule has 3 rings (SSSR count). The van der Waals surface area contributed by atoms with Crippen LogP contribution < -0.4 is 16.0 Å². The lowest BCUT2D eigenvalue weighted by atomic mass is 10.1. The van der Waals surface area contributed by atoms with Crippen molar-refractivity contribution in [2.75, 3.05) is 36.0 Å². The molecule has 0 fully saturated rings. The first-order valence-electron chi connectivity index (χ1n) is 9.46. The van der Waals surface area contributed by atoms with Gasteiger partial charge in [-0.25, -0.2) is 4.40 Å². The topological polar surface area (TPSA) is 109 Å². The van der Waals surface area contributed by atoms with Gasteiger partial charge in [0.1, 0.15) is 0 Å². The molecule has 9 nitrogen and oxygen atoms in total. The van der Waals surface area contributed by atoms with Gasteiger partial charge in [-0.3, -0.25) is 4.79 Å². The van der Waals surface area contributed by atoms with Gasteiger partial charge in [0.2, 0.25) is 17.8 Å². The molecule has 1 aromatic carbocycles. The van der Waals surface area contributed by atoms with Crippen LogP contribution in [-0.4, -0.2) is 55.9 Å². The second-order valence-corrected chi connectivity index (χ2v) is 7.88. The average molecular weight is 469 g/mol. The summed E-state index contributed by atoms with van der Waals surface area (Å²) in [5.41, 5.74) is 0.893. The summed E-state index contributed by atoms with van der Waals surface area (Å²) in [6.45, 7) is 5.75. The number of benzene rings is 1. The fourth-order valence-corrected chi connectivity index (χ4v) is 3.83. The number of carbonyl (C=O) groups is 1. The van der Waals surface area contributed by atoms with Crippen molar-refractivity contribution in [1.29, 1.82) is 0 Å². The van der Waals surface area contributed by atoms with Crippen LogP contribution in [0.15, 0.2) is 23.4 Å². The number of aromatic nitrogens is 5. The number of nitrogens with one attached hydrogen (secondary N) is 3. The minimum Gasteiger partial charge on any atom is -0.355 e. The maximum atomic E-state index is 12.3. The Kier molecular flexibility index (Phi) is 7.94. The van der Waals surface area contributed by atoms with E-state index in [2.05, 4.69) is 36.1 Å². The highest BCUT2D eigenvalue weighted by Gasteiger charge is 2.16. The maximum Gasteiger partial charge on any atom is 0.261 e. The third kappa shape index (κ3) is 5.44. The van der Waals surface area contributed by atoms with Crippen molar-refractivity contribution in [3.8, 4) is 0 Å². The predicted molar refractivity (Wildman–Crippen MR) is 121 cm³/mol. The summed E-state index contributed by atoms with van der Waals surface area (Å²) in [6, 6.07) is 5.46. The first-order valence-corrected chi connectivity index (χ1v) is 11.2. The van der Waals surface area contributed by atoms with Crippen LogP contribution >= 0.6 is 35.0 Å². The molecule has 0 aliphatic heterocycles. The Morgan fingerprint density at radius 3 is 2.70 bits per heavy atom. The van der Waals surface area contributed by atoms with E-state index in [4.69, 9.17) is 23.2 Å². The number of thioether (sulfide) groups is 1. The first-order chi connectivity index (χ1) is 14.5. The van der Waals surface area contributed by atoms with Crippen molar-refractivity contribution < 1.29 is 4.79 Å². The average Bonchev–Trinajstić information content (AvgIpc) is 3.13. The van der Waals surface area contributed by atoms with Crippen LogP contribution in [0.25, 0.3) is 5.78 Å². The normalized spacial score (nSPS) is 10.9. The number of amides is 1. The van der Waals surface area contributed by atoms with Crippen molar-refractivity contribution in [1.82, 2.24) is 29.9 Å². The third-order valence-electron chi connectivity index (χ3n) is 4.00. The van der Waals surface area contributed by atoms with Gasteiger partial charge in [-0.1, -0.05) is 47.1 Å². The van der Waals surface area contributed by atoms with E-state index in [1.807, 2.05) is 26.0 Å². The van der Waals surface area contributed by atoms with E-state index in [1.54, 1.807) is 10.5 Å². The molecule has 3 aromatic rings. The summed E-state index contributed by atoms with van der Waals surface area (Å²) in [7, 11) is 0. The molecule has 0 spiro atoms. The van der Waals surface area contributed by atoms with Gasteiger partial charge >= 0.3 is 0 Å². The number of hydrogen-bond acceptors (Lipinski definition) is 8. The highest BCUT2D eigenvalue weighted by atomic mass is 35.5. The molecule has 160 valence electrons. The molecule has 3 N–H and O–H groups in total. The van der Waals surface area contributed by atoms with Gasteiger partial charge < -0.3 is 16.0 Å². The Hall–Kier alpha value is -2.30. The molecule has 0 atom stereocenters. The van der Waals surface area contributed by atoms with Crippen LogP contribution in [0.2, 0.25) is 10.0 Å². The highest BCUT2D eigenvalue weighted by Crippen LogP contribution is 2.25. The smallest absolute Gasteiger partial charge is 0.261 e. The zero-order chi connectivity index (χ0) is 21.5. The van der Waals surface area contributed by atoms with Gasteiger partial charge in [-0.05, 0) is 31.9 Å². The number of carbonyl (C=O) groups excluding carboxylic acids is 1. The predicted octanol–water partition coefficient (Wildman–Crippen LogP) is 3.14. The van der Waals surface area contributed by atoms with Crippen molar-refractivity contribution in [2.45, 2.75) is 25.4 Å². The third-order valence-corrected chi connectivity index (χ3v) is 5.78. The van der Waals surface area contributed by atoms with Gasteiger partial charge in [-0.2, -0.15) is 9.97 Å². The fourth-order valence-electron chi connectivity index (χ4n) is 2.66. The van der Waals surface area contributed by atoms with Gasteiger partial charge in [0.05, 0.1) is 15.8 Å². The standard InChI is InChI=1S/C18H22Cl2N8OS/c1-3-21-15-24-16(22-4-2)28-17(25-15)26-27-18(28)30-10-13(29)23-9-8-11-6-5-7-12(19)14(11)20/h5-7H,3-4,8-10H2,1-2H3,(H,23,29)(H2,21,22,24,25,26). The van der Waals surface area contributed by atoms with Crippen molar-refractivity contribution in [2.24, 2.45) is 0 Å². The molecule has 0 saturated heterocycles. The lowest BCUT2D eigenvalue weighted by Gasteiger charge is -2.10. The second kappa shape index (κ2) is 10.6. The summed E-state index contributed by atoms with van der Waals surface area (Å²) in [6.07, 6.45) is 0.593. The zero-order valence-electron chi connectivity index (χ0n) is 16.6. The Bertz CT molecular complexity index is 1030. The summed E-state index contributed by atoms with van der Waals surface area (Å²) >= 11 is 13.5. The molecule has 0 aliphatic rings. The number of anilines is 2. The van der Waals surface area contributed by atoms with E-state index in [9.17, 15) is 4.79 Å². The molecule has 1 amide bonds. The SMILES string of the molecule is CCNc1nc(NCC)n2c(SCC(=O)NCCc3cccc(Cl)c3Cl)nnc2n1. The summed E-state index contributed by atoms with van der Waals surface area (Å²) in [5, 5.41) is 19.0. The van der Waals surface area contributed by atoms with E-state index in [0.29, 0.717) is 58.9 Å². The minimum atomic E-state index is -0.120. The number of hydrogen-bond donors (Lipinski definition) is 3. The van der Waals surface area contributed by atoms with Crippen LogP contribution in [0.1, 0.15) is 19.4 Å². The number of nitrogens with zero attached hydrogens (tertiary/aromatic N) is 5. The van der Waals surface area contributed by atoms with E-state index in [1.165, 1.54) is 11.8 Å². The zero-order valence-corrected chi connectivity index (χ0v) is 18.9. The van der Waals surface area contributed by atoms with Crippen molar-refractivity contribution >= 4 is 58.5 Å². The number of rotatable bonds is 10. The number of fused-ring (bicyclic) bond motifs is 1. The van der Waals surface area contributed by atoms with Crippen molar-refractivity contribution in [3.05, 3.63) is 33.8 Å². The lowest BCUT2D eigenvalue weighted by molar-refractivity contribution is -0.118. The molecule has 0 unspecified atom stereocenters. The molecule has 30 heavy (non-hydrogen) atoms. The molecule has 2 aromatic heterocycles. The summed E-state index contributed by atoms with van der Waals surface area (Å²) < 4.78 is 1.70. The van der Waals surface area contributed by atoms with Gasteiger partial charge in [0, 0.05) is 19.6 Å². The molecule has 0 aliphatic carbocycles. The monoisotopic (exact) mass is 468 g/mol. The van der Waals surface area contributed by atoms with Crippen LogP contribution in [0.3, 0.4) is 0 Å².